The number of nitro groups is 1. The summed E-state index contributed by atoms with van der Waals surface area (Å²) in [6, 6.07) is 42.2. The van der Waals surface area contributed by atoms with Crippen molar-refractivity contribution in [2.24, 2.45) is 0 Å². The van der Waals surface area contributed by atoms with E-state index in [4.69, 9.17) is 9.47 Å². The third-order valence-corrected chi connectivity index (χ3v) is 12.0. The summed E-state index contributed by atoms with van der Waals surface area (Å²) in [6.45, 7) is 1.29. The Morgan fingerprint density at radius 3 is 1.89 bits per heavy atom. The molecule has 1 aliphatic rings. The highest BCUT2D eigenvalue weighted by atomic mass is 79.9. The number of halogens is 1. The number of sulfonamides is 1. The Labute approximate surface area is 329 Å². The molecule has 11 nitrogen and oxygen atoms in total. The van der Waals surface area contributed by atoms with Gasteiger partial charge in [-0.15, -0.1) is 0 Å². The Morgan fingerprint density at radius 1 is 0.855 bits per heavy atom. The molecule has 0 bridgehead atoms. The second-order valence-corrected chi connectivity index (χ2v) is 16.0. The minimum absolute atomic E-state index is 0.0931. The van der Waals surface area contributed by atoms with Gasteiger partial charge in [0.25, 0.3) is 5.69 Å². The van der Waals surface area contributed by atoms with Crippen LogP contribution >= 0.6 is 15.9 Å². The Kier molecular flexibility index (Phi) is 12.9. The molecule has 0 aromatic heterocycles. The first kappa shape index (κ1) is 39.9. The highest BCUT2D eigenvalue weighted by Gasteiger charge is 2.51. The van der Waals surface area contributed by atoms with Crippen molar-refractivity contribution >= 4 is 37.6 Å². The number of benzene rings is 5. The van der Waals surface area contributed by atoms with Crippen molar-refractivity contribution in [2.45, 2.75) is 47.9 Å². The number of aliphatic hydroxyl groups is 1. The summed E-state index contributed by atoms with van der Waals surface area (Å²) < 4.78 is 43.6. The number of carbonyl (C=O) groups excluding carboxylic acids is 1. The molecule has 0 spiro atoms. The number of para-hydroxylation sites is 1. The Morgan fingerprint density at radius 2 is 1.38 bits per heavy atom. The average Bonchev–Trinajstić information content (AvgIpc) is 3.20. The van der Waals surface area contributed by atoms with Crippen molar-refractivity contribution < 1.29 is 32.7 Å². The molecule has 0 radical (unpaired) electrons. The molecule has 0 saturated carbocycles. The van der Waals surface area contributed by atoms with Crippen LogP contribution in [-0.2, 0) is 29.9 Å². The van der Waals surface area contributed by atoms with Gasteiger partial charge in [-0.1, -0.05) is 131 Å². The number of nitro benzene ring substituents is 1. The van der Waals surface area contributed by atoms with Crippen LogP contribution in [0.4, 0.5) is 5.69 Å². The molecular weight excluding hydrogens is 786 g/mol. The van der Waals surface area contributed by atoms with Crippen molar-refractivity contribution in [1.29, 1.82) is 0 Å². The Bertz CT molecular complexity index is 2060. The van der Waals surface area contributed by atoms with Crippen LogP contribution in [0.5, 0.6) is 0 Å². The number of likely N-dealkylation sites (tertiary alicyclic amines) is 1. The van der Waals surface area contributed by atoms with Gasteiger partial charge in [-0.05, 0) is 46.9 Å². The molecule has 4 atom stereocenters. The number of aliphatic hydroxyl groups excluding tert-OH is 1. The minimum atomic E-state index is -4.32. The van der Waals surface area contributed by atoms with Crippen LogP contribution in [0.1, 0.15) is 41.5 Å². The molecule has 2 N–H and O–H groups in total. The summed E-state index contributed by atoms with van der Waals surface area (Å²) in [6.07, 6.45) is -0.527. The largest absolute Gasteiger partial charge is 0.460 e. The second kappa shape index (κ2) is 17.8. The van der Waals surface area contributed by atoms with Crippen LogP contribution in [0, 0.1) is 10.1 Å². The lowest BCUT2D eigenvalue weighted by Gasteiger charge is -2.56. The van der Waals surface area contributed by atoms with Gasteiger partial charge in [0, 0.05) is 48.6 Å². The van der Waals surface area contributed by atoms with Gasteiger partial charge < -0.3 is 14.6 Å². The first-order chi connectivity index (χ1) is 26.5. The molecule has 55 heavy (non-hydrogen) atoms. The zero-order chi connectivity index (χ0) is 39.0. The van der Waals surface area contributed by atoms with Crippen LogP contribution in [0.2, 0.25) is 0 Å². The summed E-state index contributed by atoms with van der Waals surface area (Å²) in [5.74, 6) is -0.801. The van der Waals surface area contributed by atoms with E-state index in [2.05, 4.69) is 25.6 Å². The maximum absolute atomic E-state index is 13.7. The third-order valence-electron chi connectivity index (χ3n) is 10.0. The number of nitrogens with one attached hydrogen (secondary N) is 1. The summed E-state index contributed by atoms with van der Waals surface area (Å²) >= 11 is 3.53. The number of esters is 1. The van der Waals surface area contributed by atoms with E-state index in [0.29, 0.717) is 6.54 Å². The molecule has 0 aliphatic carbocycles. The van der Waals surface area contributed by atoms with Gasteiger partial charge in [0.2, 0.25) is 10.0 Å². The predicted molar refractivity (Wildman–Crippen MR) is 212 cm³/mol. The van der Waals surface area contributed by atoms with Crippen molar-refractivity contribution in [3.8, 4) is 0 Å². The summed E-state index contributed by atoms with van der Waals surface area (Å²) in [5.41, 5.74) is 2.13. The maximum atomic E-state index is 13.7. The number of ether oxygens (including phenoxy) is 2. The fraction of sp³-hybridized carbons (Fsp3) is 0.262. The Hall–Kier alpha value is -4.76. The van der Waals surface area contributed by atoms with Gasteiger partial charge in [0.15, 0.2) is 4.90 Å². The summed E-state index contributed by atoms with van der Waals surface area (Å²) in [5, 5.41) is 21.9. The molecule has 0 amide bonds. The van der Waals surface area contributed by atoms with E-state index in [-0.39, 0.29) is 31.5 Å². The second-order valence-electron chi connectivity index (χ2n) is 13.3. The standard InChI is InChI=1S/C42H42BrN3O8S/c1-30(48)54-36(28-47)25-26-45-38(27-44-55(51,52)40-20-12-11-19-37(40)46(49)50)41(31-21-23-35(43)24-22-31)39(45)29-53-42(32-13-5-2-6-14-32,33-15-7-3-8-16-33)34-17-9-4-10-18-34/h2-24,36,38-39,41,44,47H,25-29H2,1H3/t36?,38-,39+,41+/m0/s1. The van der Waals surface area contributed by atoms with Gasteiger partial charge in [0.05, 0.1) is 18.1 Å². The zero-order valence-electron chi connectivity index (χ0n) is 30.1. The quantitative estimate of drug-likeness (QED) is 0.0447. The van der Waals surface area contributed by atoms with E-state index in [1.165, 1.54) is 25.1 Å². The van der Waals surface area contributed by atoms with Crippen LogP contribution in [0.25, 0.3) is 0 Å². The van der Waals surface area contributed by atoms with Gasteiger partial charge in [-0.2, -0.15) is 0 Å². The first-order valence-electron chi connectivity index (χ1n) is 17.9. The number of rotatable bonds is 17. The van der Waals surface area contributed by atoms with Crippen molar-refractivity contribution in [3.05, 3.63) is 176 Å². The lowest BCUT2D eigenvalue weighted by atomic mass is 9.74. The van der Waals surface area contributed by atoms with Crippen molar-refractivity contribution in [2.75, 3.05) is 26.3 Å². The van der Waals surface area contributed by atoms with E-state index in [9.17, 15) is 28.4 Å². The van der Waals surface area contributed by atoms with Crippen LogP contribution in [-0.4, -0.2) is 73.8 Å². The molecule has 1 heterocycles. The van der Waals surface area contributed by atoms with Crippen LogP contribution in [0.3, 0.4) is 0 Å². The Balaban J connectivity index is 1.41. The van der Waals surface area contributed by atoms with Crippen molar-refractivity contribution in [1.82, 2.24) is 9.62 Å². The molecule has 286 valence electrons. The van der Waals surface area contributed by atoms with Gasteiger partial charge in [0.1, 0.15) is 11.7 Å². The average molecular weight is 829 g/mol. The number of hydrogen-bond acceptors (Lipinski definition) is 9. The van der Waals surface area contributed by atoms with E-state index >= 15 is 0 Å². The molecule has 13 heteroatoms. The minimum Gasteiger partial charge on any atom is -0.460 e. The molecule has 5 aromatic rings. The molecule has 1 saturated heterocycles. The normalized spacial score (nSPS) is 17.9. The monoisotopic (exact) mass is 827 g/mol. The molecule has 5 aromatic carbocycles. The van der Waals surface area contributed by atoms with Crippen LogP contribution in [0.15, 0.2) is 149 Å². The van der Waals surface area contributed by atoms with E-state index < -0.39 is 55.9 Å². The van der Waals surface area contributed by atoms with Gasteiger partial charge in [-0.3, -0.25) is 19.8 Å². The van der Waals surface area contributed by atoms with E-state index in [0.717, 1.165) is 32.8 Å². The molecule has 1 fully saturated rings. The van der Waals surface area contributed by atoms with Gasteiger partial charge >= 0.3 is 5.97 Å². The number of nitrogens with zero attached hydrogens (tertiary/aromatic N) is 2. The number of hydrogen-bond donors (Lipinski definition) is 2. The fourth-order valence-corrected chi connectivity index (χ4v) is 9.01. The maximum Gasteiger partial charge on any atom is 0.302 e. The molecule has 1 unspecified atom stereocenters. The molecular formula is C42H42BrN3O8S. The first-order valence-corrected chi connectivity index (χ1v) is 20.2. The van der Waals surface area contributed by atoms with Gasteiger partial charge in [-0.25, -0.2) is 13.1 Å². The van der Waals surface area contributed by atoms with Crippen LogP contribution < -0.4 is 4.72 Å². The molecule has 1 aliphatic heterocycles. The van der Waals surface area contributed by atoms with E-state index in [1.54, 1.807) is 0 Å². The highest BCUT2D eigenvalue weighted by Crippen LogP contribution is 2.45. The topological polar surface area (TPSA) is 148 Å². The third kappa shape index (κ3) is 8.88. The smallest absolute Gasteiger partial charge is 0.302 e. The predicted octanol–water partition coefficient (Wildman–Crippen LogP) is 6.80. The lowest BCUT2D eigenvalue weighted by molar-refractivity contribution is -0.387. The van der Waals surface area contributed by atoms with E-state index in [1.807, 2.05) is 115 Å². The van der Waals surface area contributed by atoms with Crippen molar-refractivity contribution in [3.63, 3.8) is 0 Å². The zero-order valence-corrected chi connectivity index (χ0v) is 32.5. The fourth-order valence-electron chi connectivity index (χ4n) is 7.52. The lowest BCUT2D eigenvalue weighted by Crippen LogP contribution is -2.67. The molecule has 6 rings (SSSR count). The highest BCUT2D eigenvalue weighted by molar-refractivity contribution is 9.10. The SMILES string of the molecule is CC(=O)OC(CO)CCN1[C@H](COC(c2ccccc2)(c2ccccc2)c2ccccc2)[C@H](c2ccc(Br)cc2)[C@@H]1CNS(=O)(=O)c1ccccc1[N+](=O)[O-]. The summed E-state index contributed by atoms with van der Waals surface area (Å²) in [4.78, 5) is 24.6. The summed E-state index contributed by atoms with van der Waals surface area (Å²) in [7, 11) is -4.32. The number of carbonyl (C=O) groups is 1.